The maximum Gasteiger partial charge on any atom is 0.255 e. The van der Waals surface area contributed by atoms with Gasteiger partial charge in [-0.3, -0.25) is 4.58 Å². The Balaban J connectivity index is 2.19. The Hall–Kier alpha value is -2.09. The van der Waals surface area contributed by atoms with E-state index in [4.69, 9.17) is 0 Å². The molecule has 2 nitrogen and oxygen atoms in total. The Labute approximate surface area is 146 Å². The molecule has 0 unspecified atom stereocenters. The van der Waals surface area contributed by atoms with Gasteiger partial charge in [0, 0.05) is 5.56 Å². The molecule has 2 aromatic rings. The number of amidine groups is 1. The van der Waals surface area contributed by atoms with Crippen molar-refractivity contribution in [3.8, 4) is 0 Å². The Morgan fingerprint density at radius 3 is 1.88 bits per heavy atom. The highest BCUT2D eigenvalue weighted by molar-refractivity contribution is 5.97. The lowest BCUT2D eigenvalue weighted by molar-refractivity contribution is -0.587. The van der Waals surface area contributed by atoms with Crippen LogP contribution in [0.1, 0.15) is 46.2 Å². The van der Waals surface area contributed by atoms with Gasteiger partial charge in [-0.25, -0.2) is 4.90 Å². The number of para-hydroxylation sites is 1. The molecule has 2 heteroatoms. The lowest BCUT2D eigenvalue weighted by atomic mass is 9.98. The van der Waals surface area contributed by atoms with Gasteiger partial charge >= 0.3 is 0 Å². The van der Waals surface area contributed by atoms with Crippen molar-refractivity contribution < 1.29 is 4.58 Å². The number of benzene rings is 2. The number of rotatable bonds is 4. The third-order valence-corrected chi connectivity index (χ3v) is 4.93. The molecule has 24 heavy (non-hydrogen) atoms. The molecule has 1 heterocycles. The predicted molar refractivity (Wildman–Crippen MR) is 103 cm³/mol. The van der Waals surface area contributed by atoms with E-state index in [1.807, 2.05) is 0 Å². The zero-order valence-electron chi connectivity index (χ0n) is 15.5. The van der Waals surface area contributed by atoms with Gasteiger partial charge in [-0.1, -0.05) is 62.4 Å². The van der Waals surface area contributed by atoms with E-state index in [2.05, 4.69) is 105 Å². The smallest absolute Gasteiger partial charge is 0.255 e. The highest BCUT2D eigenvalue weighted by Gasteiger charge is 2.48. The normalized spacial score (nSPS) is 21.2. The molecule has 0 amide bonds. The number of anilines is 1. The average molecular weight is 321 g/mol. The van der Waals surface area contributed by atoms with Crippen LogP contribution in [0.3, 0.4) is 0 Å². The molecule has 2 atom stereocenters. The highest BCUT2D eigenvalue weighted by atomic mass is 15.4. The van der Waals surface area contributed by atoms with E-state index < -0.39 is 0 Å². The van der Waals surface area contributed by atoms with Crippen LogP contribution in [0.25, 0.3) is 0 Å². The van der Waals surface area contributed by atoms with Crippen LogP contribution in [0.4, 0.5) is 5.69 Å². The van der Waals surface area contributed by atoms with Gasteiger partial charge in [0.05, 0.1) is 12.0 Å². The topological polar surface area (TPSA) is 6.25 Å². The second-order valence-electron chi connectivity index (χ2n) is 7.32. The van der Waals surface area contributed by atoms with Crippen molar-refractivity contribution >= 4 is 11.5 Å². The largest absolute Gasteiger partial charge is 0.256 e. The number of hydrogen-bond acceptors (Lipinski definition) is 1. The van der Waals surface area contributed by atoms with Crippen LogP contribution in [-0.2, 0) is 0 Å². The van der Waals surface area contributed by atoms with Crippen LogP contribution in [0.2, 0.25) is 0 Å². The van der Waals surface area contributed by atoms with Gasteiger partial charge in [0.1, 0.15) is 11.7 Å². The molecule has 0 saturated carbocycles. The second kappa shape index (κ2) is 6.80. The van der Waals surface area contributed by atoms with Crippen molar-refractivity contribution in [1.29, 1.82) is 0 Å². The summed E-state index contributed by atoms with van der Waals surface area (Å²) >= 11 is 0. The molecule has 0 spiro atoms. The van der Waals surface area contributed by atoms with E-state index in [0.29, 0.717) is 24.0 Å². The van der Waals surface area contributed by atoms with E-state index in [1.54, 1.807) is 0 Å². The van der Waals surface area contributed by atoms with Crippen molar-refractivity contribution in [1.82, 2.24) is 0 Å². The molecule has 0 saturated heterocycles. The van der Waals surface area contributed by atoms with Gasteiger partial charge in [0.15, 0.2) is 6.04 Å². The highest BCUT2D eigenvalue weighted by Crippen LogP contribution is 2.38. The summed E-state index contributed by atoms with van der Waals surface area (Å²) in [5, 5.41) is 0. The van der Waals surface area contributed by atoms with Gasteiger partial charge in [-0.2, -0.15) is 0 Å². The fourth-order valence-electron chi connectivity index (χ4n) is 4.11. The van der Waals surface area contributed by atoms with Crippen LogP contribution in [0, 0.1) is 5.92 Å². The molecule has 2 aromatic carbocycles. The lowest BCUT2D eigenvalue weighted by Gasteiger charge is -2.24. The monoisotopic (exact) mass is 321 g/mol. The number of hydrogen-bond donors (Lipinski definition) is 0. The van der Waals surface area contributed by atoms with Gasteiger partial charge < -0.3 is 0 Å². The van der Waals surface area contributed by atoms with E-state index in [-0.39, 0.29) is 0 Å². The summed E-state index contributed by atoms with van der Waals surface area (Å²) in [5.74, 6) is 1.90. The third-order valence-electron chi connectivity index (χ3n) is 4.93. The minimum absolute atomic E-state index is 0.341. The molecule has 0 bridgehead atoms. The first-order chi connectivity index (χ1) is 11.5. The molecular weight excluding hydrogens is 292 g/mol. The molecule has 126 valence electrons. The summed E-state index contributed by atoms with van der Waals surface area (Å²) in [6, 6.07) is 23.0. The summed E-state index contributed by atoms with van der Waals surface area (Å²) in [5.41, 5.74) is 2.67. The number of nitrogens with zero attached hydrogens (tertiary/aromatic N) is 2. The second-order valence-corrected chi connectivity index (χ2v) is 7.32. The third kappa shape index (κ3) is 2.86. The molecule has 0 aliphatic carbocycles. The van der Waals surface area contributed by atoms with E-state index in [0.717, 1.165) is 0 Å². The summed E-state index contributed by atoms with van der Waals surface area (Å²) in [7, 11) is 0. The fraction of sp³-hybridized carbons (Fsp3) is 0.409. The van der Waals surface area contributed by atoms with Crippen molar-refractivity contribution in [2.45, 2.75) is 52.7 Å². The molecule has 3 rings (SSSR count). The molecular formula is C22H29N2+. The average Bonchev–Trinajstić information content (AvgIpc) is 2.90. The maximum atomic E-state index is 2.61. The minimum atomic E-state index is 0.341. The van der Waals surface area contributed by atoms with Gasteiger partial charge in [-0.05, 0) is 32.9 Å². The first-order valence-electron chi connectivity index (χ1n) is 9.06. The van der Waals surface area contributed by atoms with Crippen LogP contribution in [-0.4, -0.2) is 22.5 Å². The standard InChI is InChI=1S/C22H29N2/c1-16(2)22-23(17(3)4)18(5)21(19-12-8-6-9-13-19)24(22)20-14-10-7-11-15-20/h6-18,21H,1-5H3/q+1/t18-,21-/m0/s1. The summed E-state index contributed by atoms with van der Waals surface area (Å²) < 4.78 is 2.61. The van der Waals surface area contributed by atoms with Crippen LogP contribution >= 0.6 is 0 Å². The van der Waals surface area contributed by atoms with E-state index >= 15 is 0 Å². The molecule has 0 radical (unpaired) electrons. The quantitative estimate of drug-likeness (QED) is 0.709. The Kier molecular flexibility index (Phi) is 4.75. The van der Waals surface area contributed by atoms with Crippen molar-refractivity contribution in [3.05, 3.63) is 66.2 Å². The summed E-state index contributed by atoms with van der Waals surface area (Å²) in [6.07, 6.45) is 0. The lowest BCUT2D eigenvalue weighted by Crippen LogP contribution is -2.36. The summed E-state index contributed by atoms with van der Waals surface area (Å²) in [4.78, 5) is 2.56. The van der Waals surface area contributed by atoms with E-state index in [9.17, 15) is 0 Å². The maximum absolute atomic E-state index is 2.61. The molecule has 0 N–H and O–H groups in total. The molecule has 0 aromatic heterocycles. The first kappa shape index (κ1) is 16.8. The Morgan fingerprint density at radius 2 is 1.38 bits per heavy atom. The van der Waals surface area contributed by atoms with Crippen LogP contribution < -0.4 is 4.90 Å². The zero-order valence-corrected chi connectivity index (χ0v) is 15.5. The van der Waals surface area contributed by atoms with Crippen molar-refractivity contribution in [3.63, 3.8) is 0 Å². The fourth-order valence-corrected chi connectivity index (χ4v) is 4.11. The molecule has 1 aliphatic heterocycles. The SMILES string of the molecule is CC(C)C1=[N+](C(C)C)[C@@H](C)[C@@H](c2ccccc2)N1c1ccccc1. The zero-order chi connectivity index (χ0) is 17.3. The van der Waals surface area contributed by atoms with Gasteiger partial charge in [-0.15, -0.1) is 0 Å². The van der Waals surface area contributed by atoms with Crippen LogP contribution in [0.15, 0.2) is 60.7 Å². The minimum Gasteiger partial charge on any atom is -0.256 e. The van der Waals surface area contributed by atoms with Gasteiger partial charge in [0.2, 0.25) is 0 Å². The van der Waals surface area contributed by atoms with Crippen molar-refractivity contribution in [2.75, 3.05) is 4.90 Å². The Bertz CT molecular complexity index is 701. The van der Waals surface area contributed by atoms with Crippen LogP contribution in [0.5, 0.6) is 0 Å². The van der Waals surface area contributed by atoms with Gasteiger partial charge in [0.25, 0.3) is 5.84 Å². The van der Waals surface area contributed by atoms with E-state index in [1.165, 1.54) is 17.1 Å². The first-order valence-corrected chi connectivity index (χ1v) is 9.06. The predicted octanol–water partition coefficient (Wildman–Crippen LogP) is 5.11. The Morgan fingerprint density at radius 1 is 0.833 bits per heavy atom. The van der Waals surface area contributed by atoms with Crippen molar-refractivity contribution in [2.24, 2.45) is 5.92 Å². The molecule has 1 aliphatic rings. The summed E-state index contributed by atoms with van der Waals surface area (Å²) in [6.45, 7) is 11.6. The molecule has 0 fully saturated rings.